The Morgan fingerprint density at radius 3 is 2.71 bits per heavy atom. The molecule has 0 aromatic heterocycles. The van der Waals surface area contributed by atoms with Gasteiger partial charge in [-0.1, -0.05) is 45.2 Å². The van der Waals surface area contributed by atoms with Crippen molar-refractivity contribution in [1.29, 1.82) is 0 Å². The van der Waals surface area contributed by atoms with Crippen molar-refractivity contribution in [3.05, 3.63) is 55.6 Å². The first kappa shape index (κ1) is 13.0. The van der Waals surface area contributed by atoms with Crippen LogP contribution in [0.1, 0.15) is 12.5 Å². The third kappa shape index (κ3) is 3.27. The number of halogens is 3. The summed E-state index contributed by atoms with van der Waals surface area (Å²) in [5.74, 6) is 0. The van der Waals surface area contributed by atoms with E-state index in [9.17, 15) is 0 Å². The molecule has 1 nitrogen and oxygen atoms in total. The average Bonchev–Trinajstić information content (AvgIpc) is 2.27. The van der Waals surface area contributed by atoms with Crippen LogP contribution in [0.3, 0.4) is 0 Å². The molecule has 0 unspecified atom stereocenters. The standard InChI is InChI=1S/C13H12BrCl2N/c1-8-4-10(14)7-17-13(8)6-9-2-3-11(15)12(16)5-9/h2-5,17H,6-7H2,1H3. The fourth-order valence-electron chi connectivity index (χ4n) is 1.76. The Morgan fingerprint density at radius 1 is 1.29 bits per heavy atom. The lowest BCUT2D eigenvalue weighted by Gasteiger charge is -2.18. The van der Waals surface area contributed by atoms with E-state index in [1.54, 1.807) is 0 Å². The number of hydrogen-bond acceptors (Lipinski definition) is 1. The topological polar surface area (TPSA) is 12.0 Å². The normalized spacial score (nSPS) is 15.6. The Hall–Kier alpha value is -0.440. The van der Waals surface area contributed by atoms with E-state index in [-0.39, 0.29) is 0 Å². The van der Waals surface area contributed by atoms with E-state index in [1.165, 1.54) is 15.8 Å². The summed E-state index contributed by atoms with van der Waals surface area (Å²) in [4.78, 5) is 0. The zero-order valence-corrected chi connectivity index (χ0v) is 12.5. The van der Waals surface area contributed by atoms with E-state index in [0.29, 0.717) is 10.0 Å². The molecule has 0 amide bonds. The molecule has 1 heterocycles. The van der Waals surface area contributed by atoms with Crippen molar-refractivity contribution < 1.29 is 0 Å². The van der Waals surface area contributed by atoms with Crippen LogP contribution in [0.2, 0.25) is 10.0 Å². The van der Waals surface area contributed by atoms with Crippen LogP contribution in [0.15, 0.2) is 40.0 Å². The summed E-state index contributed by atoms with van der Waals surface area (Å²) in [7, 11) is 0. The zero-order valence-electron chi connectivity index (χ0n) is 9.36. The lowest BCUT2D eigenvalue weighted by molar-refractivity contribution is 0.824. The summed E-state index contributed by atoms with van der Waals surface area (Å²) in [6.45, 7) is 2.94. The van der Waals surface area contributed by atoms with E-state index in [0.717, 1.165) is 18.5 Å². The molecule has 1 aliphatic heterocycles. The minimum absolute atomic E-state index is 0.598. The number of hydrogen-bond donors (Lipinski definition) is 1. The molecular weight excluding hydrogens is 321 g/mol. The highest BCUT2D eigenvalue weighted by molar-refractivity contribution is 9.11. The minimum Gasteiger partial charge on any atom is -0.383 e. The third-order valence-corrected chi connectivity index (χ3v) is 3.93. The second-order valence-corrected chi connectivity index (χ2v) is 5.86. The highest BCUT2D eigenvalue weighted by Gasteiger charge is 2.09. The molecule has 0 fully saturated rings. The predicted octanol–water partition coefficient (Wildman–Crippen LogP) is 4.69. The first-order valence-electron chi connectivity index (χ1n) is 5.30. The van der Waals surface area contributed by atoms with Crippen molar-refractivity contribution >= 4 is 39.1 Å². The molecule has 0 saturated heterocycles. The molecule has 1 aliphatic rings. The van der Waals surface area contributed by atoms with Crippen molar-refractivity contribution in [1.82, 2.24) is 5.32 Å². The van der Waals surface area contributed by atoms with E-state index in [1.807, 2.05) is 18.2 Å². The molecule has 90 valence electrons. The fraction of sp³-hybridized carbons (Fsp3) is 0.231. The number of allylic oxidation sites excluding steroid dienone is 3. The van der Waals surface area contributed by atoms with Crippen LogP contribution in [0.25, 0.3) is 0 Å². The van der Waals surface area contributed by atoms with Gasteiger partial charge in [0, 0.05) is 23.1 Å². The Balaban J connectivity index is 2.21. The van der Waals surface area contributed by atoms with Gasteiger partial charge < -0.3 is 5.32 Å². The quantitative estimate of drug-likeness (QED) is 0.828. The molecule has 0 saturated carbocycles. The van der Waals surface area contributed by atoms with Gasteiger partial charge >= 0.3 is 0 Å². The number of benzene rings is 1. The molecule has 1 aromatic carbocycles. The van der Waals surface area contributed by atoms with E-state index < -0.39 is 0 Å². The monoisotopic (exact) mass is 331 g/mol. The molecule has 1 aromatic rings. The zero-order chi connectivity index (χ0) is 12.4. The first-order valence-corrected chi connectivity index (χ1v) is 6.85. The van der Waals surface area contributed by atoms with E-state index in [2.05, 4.69) is 34.2 Å². The Morgan fingerprint density at radius 2 is 2.06 bits per heavy atom. The maximum atomic E-state index is 6.00. The minimum atomic E-state index is 0.598. The summed E-state index contributed by atoms with van der Waals surface area (Å²) in [5, 5.41) is 4.59. The molecule has 4 heteroatoms. The van der Waals surface area contributed by atoms with Gasteiger partial charge in [0.05, 0.1) is 10.0 Å². The number of nitrogens with one attached hydrogen (secondary N) is 1. The molecular formula is C13H12BrCl2N. The molecule has 0 bridgehead atoms. The lowest BCUT2D eigenvalue weighted by Crippen LogP contribution is -2.21. The second kappa shape index (κ2) is 5.47. The second-order valence-electron chi connectivity index (χ2n) is 4.03. The van der Waals surface area contributed by atoms with Crippen LogP contribution in [-0.2, 0) is 6.42 Å². The number of rotatable bonds is 2. The number of dihydropyridines is 1. The molecule has 0 atom stereocenters. The largest absolute Gasteiger partial charge is 0.383 e. The Labute approximate surface area is 120 Å². The van der Waals surface area contributed by atoms with Crippen LogP contribution >= 0.6 is 39.1 Å². The summed E-state index contributed by atoms with van der Waals surface area (Å²) in [6.07, 6.45) is 2.99. The molecule has 0 aliphatic carbocycles. The van der Waals surface area contributed by atoms with E-state index >= 15 is 0 Å². The highest BCUT2D eigenvalue weighted by Crippen LogP contribution is 2.25. The van der Waals surface area contributed by atoms with Gasteiger partial charge in [-0.25, -0.2) is 0 Å². The molecule has 0 spiro atoms. The molecule has 1 N–H and O–H groups in total. The molecule has 2 rings (SSSR count). The predicted molar refractivity (Wildman–Crippen MR) is 77.9 cm³/mol. The van der Waals surface area contributed by atoms with Gasteiger partial charge in [0.1, 0.15) is 0 Å². The SMILES string of the molecule is CC1=C(Cc2ccc(Cl)c(Cl)c2)NCC(Br)=C1. The fourth-order valence-corrected chi connectivity index (χ4v) is 2.56. The molecule has 17 heavy (non-hydrogen) atoms. The van der Waals surface area contributed by atoms with Gasteiger partial charge in [-0.15, -0.1) is 0 Å². The van der Waals surface area contributed by atoms with Gasteiger partial charge in [-0.3, -0.25) is 0 Å². The van der Waals surface area contributed by atoms with Crippen molar-refractivity contribution in [2.75, 3.05) is 6.54 Å². The van der Waals surface area contributed by atoms with Gasteiger partial charge in [0.15, 0.2) is 0 Å². The van der Waals surface area contributed by atoms with Crippen LogP contribution in [0, 0.1) is 0 Å². The van der Waals surface area contributed by atoms with Crippen molar-refractivity contribution in [3.8, 4) is 0 Å². The van der Waals surface area contributed by atoms with Crippen molar-refractivity contribution in [3.63, 3.8) is 0 Å². The van der Waals surface area contributed by atoms with Gasteiger partial charge in [0.25, 0.3) is 0 Å². The highest BCUT2D eigenvalue weighted by atomic mass is 79.9. The molecule has 0 radical (unpaired) electrons. The van der Waals surface area contributed by atoms with Crippen LogP contribution in [-0.4, -0.2) is 6.54 Å². The van der Waals surface area contributed by atoms with Crippen LogP contribution in [0.5, 0.6) is 0 Å². The first-order chi connectivity index (χ1) is 8.06. The van der Waals surface area contributed by atoms with E-state index in [4.69, 9.17) is 23.2 Å². The van der Waals surface area contributed by atoms with Crippen molar-refractivity contribution in [2.24, 2.45) is 0 Å². The Kier molecular flexibility index (Phi) is 4.18. The van der Waals surface area contributed by atoms with Gasteiger partial charge in [-0.05, 0) is 36.3 Å². The third-order valence-electron chi connectivity index (χ3n) is 2.68. The summed E-state index contributed by atoms with van der Waals surface area (Å²) in [5.41, 5.74) is 3.63. The van der Waals surface area contributed by atoms with Crippen LogP contribution in [0.4, 0.5) is 0 Å². The lowest BCUT2D eigenvalue weighted by atomic mass is 10.0. The van der Waals surface area contributed by atoms with Crippen LogP contribution < -0.4 is 5.32 Å². The average molecular weight is 333 g/mol. The Bertz CT molecular complexity index is 506. The van der Waals surface area contributed by atoms with Gasteiger partial charge in [-0.2, -0.15) is 0 Å². The van der Waals surface area contributed by atoms with Gasteiger partial charge in [0.2, 0.25) is 0 Å². The maximum absolute atomic E-state index is 6.00. The maximum Gasteiger partial charge on any atom is 0.0595 e. The summed E-state index contributed by atoms with van der Waals surface area (Å²) >= 11 is 15.4. The van der Waals surface area contributed by atoms with Crippen molar-refractivity contribution in [2.45, 2.75) is 13.3 Å². The smallest absolute Gasteiger partial charge is 0.0595 e. The summed E-state index contributed by atoms with van der Waals surface area (Å²) < 4.78 is 1.17. The summed E-state index contributed by atoms with van der Waals surface area (Å²) in [6, 6.07) is 5.76.